The smallest absolute Gasteiger partial charge is 0.360 e. The van der Waals surface area contributed by atoms with Gasteiger partial charge in [-0.15, -0.1) is 19.4 Å². The van der Waals surface area contributed by atoms with Crippen molar-refractivity contribution in [2.24, 2.45) is 5.84 Å². The van der Waals surface area contributed by atoms with Crippen LogP contribution >= 0.6 is 9.24 Å². The molecule has 1 aromatic heterocycles. The number of carboxylic acid groups (broad SMARTS) is 1. The van der Waals surface area contributed by atoms with Crippen molar-refractivity contribution in [3.05, 3.63) is 5.69 Å². The SMILES string of the molecule is NN(CCCP)c1n[nH]nc1C(=O)O. The first kappa shape index (κ1) is 10.9. The van der Waals surface area contributed by atoms with Crippen LogP contribution in [0.15, 0.2) is 0 Å². The molecule has 1 rings (SSSR count). The second-order valence-electron chi connectivity index (χ2n) is 2.64. The molecule has 1 unspecified atom stereocenters. The monoisotopic (exact) mass is 217 g/mol. The number of aromatic nitrogens is 3. The van der Waals surface area contributed by atoms with Crippen LogP contribution in [-0.2, 0) is 0 Å². The molecule has 7 nitrogen and oxygen atoms in total. The molecule has 0 amide bonds. The van der Waals surface area contributed by atoms with Crippen LogP contribution in [0.25, 0.3) is 0 Å². The number of anilines is 1. The fourth-order valence-electron chi connectivity index (χ4n) is 0.937. The second-order valence-corrected chi connectivity index (χ2v) is 3.21. The Morgan fingerprint density at radius 3 is 2.93 bits per heavy atom. The second kappa shape index (κ2) is 4.88. The number of hydrazine groups is 1. The van der Waals surface area contributed by atoms with Crippen molar-refractivity contribution in [2.75, 3.05) is 17.7 Å². The van der Waals surface area contributed by atoms with E-state index in [4.69, 9.17) is 10.9 Å². The number of aromatic amines is 1. The fourth-order valence-corrected chi connectivity index (χ4v) is 1.12. The Hall–Kier alpha value is -1.20. The summed E-state index contributed by atoms with van der Waals surface area (Å²) in [6, 6.07) is 0. The van der Waals surface area contributed by atoms with Crippen LogP contribution in [0, 0.1) is 0 Å². The Morgan fingerprint density at radius 2 is 2.36 bits per heavy atom. The minimum atomic E-state index is -1.14. The molecule has 0 aliphatic rings. The van der Waals surface area contributed by atoms with Gasteiger partial charge in [-0.3, -0.25) is 5.01 Å². The van der Waals surface area contributed by atoms with Crippen LogP contribution in [-0.4, -0.2) is 39.2 Å². The third-order valence-electron chi connectivity index (χ3n) is 1.61. The lowest BCUT2D eigenvalue weighted by molar-refractivity contribution is 0.0691. The summed E-state index contributed by atoms with van der Waals surface area (Å²) >= 11 is 0. The predicted molar refractivity (Wildman–Crippen MR) is 54.1 cm³/mol. The van der Waals surface area contributed by atoms with Gasteiger partial charge in [-0.1, -0.05) is 0 Å². The maximum atomic E-state index is 10.7. The molecule has 0 bridgehead atoms. The van der Waals surface area contributed by atoms with Crippen molar-refractivity contribution in [1.29, 1.82) is 0 Å². The Morgan fingerprint density at radius 1 is 1.64 bits per heavy atom. The molecule has 8 heteroatoms. The molecule has 14 heavy (non-hydrogen) atoms. The zero-order valence-corrected chi connectivity index (χ0v) is 8.63. The number of aromatic carboxylic acids is 1. The summed E-state index contributed by atoms with van der Waals surface area (Å²) in [5.41, 5.74) is -0.156. The zero-order chi connectivity index (χ0) is 10.6. The summed E-state index contributed by atoms with van der Waals surface area (Å²) in [6.45, 7) is 0.538. The maximum Gasteiger partial charge on any atom is 0.360 e. The Balaban J connectivity index is 2.73. The lowest BCUT2D eigenvalue weighted by atomic mass is 10.4. The van der Waals surface area contributed by atoms with Gasteiger partial charge in [0.15, 0.2) is 5.82 Å². The molecular weight excluding hydrogens is 205 g/mol. The molecule has 0 saturated heterocycles. The first-order chi connectivity index (χ1) is 6.66. The Bertz CT molecular complexity index is 315. The first-order valence-electron chi connectivity index (χ1n) is 4.03. The molecular formula is C6H12N5O2P. The molecule has 1 aromatic rings. The lowest BCUT2D eigenvalue weighted by Gasteiger charge is -2.14. The third kappa shape index (κ3) is 2.40. The van der Waals surface area contributed by atoms with Crippen LogP contribution in [0.3, 0.4) is 0 Å². The molecule has 0 radical (unpaired) electrons. The molecule has 1 heterocycles. The van der Waals surface area contributed by atoms with Crippen LogP contribution in [0.2, 0.25) is 0 Å². The average Bonchev–Trinajstić information content (AvgIpc) is 2.62. The molecule has 0 spiro atoms. The number of nitrogens with two attached hydrogens (primary N) is 1. The molecule has 0 fully saturated rings. The van der Waals surface area contributed by atoms with E-state index in [-0.39, 0.29) is 11.5 Å². The van der Waals surface area contributed by atoms with Crippen LogP contribution < -0.4 is 10.9 Å². The van der Waals surface area contributed by atoms with Gasteiger partial charge >= 0.3 is 5.97 Å². The summed E-state index contributed by atoms with van der Waals surface area (Å²) in [5, 5.41) is 19.4. The van der Waals surface area contributed by atoms with Crippen molar-refractivity contribution in [2.45, 2.75) is 6.42 Å². The van der Waals surface area contributed by atoms with Gasteiger partial charge in [0.05, 0.1) is 0 Å². The van der Waals surface area contributed by atoms with Crippen molar-refractivity contribution < 1.29 is 9.90 Å². The highest BCUT2D eigenvalue weighted by atomic mass is 31.0. The van der Waals surface area contributed by atoms with Gasteiger partial charge in [0, 0.05) is 6.54 Å². The summed E-state index contributed by atoms with van der Waals surface area (Å²) in [6.07, 6.45) is 1.74. The maximum absolute atomic E-state index is 10.7. The summed E-state index contributed by atoms with van der Waals surface area (Å²) in [7, 11) is 2.57. The first-order valence-corrected chi connectivity index (χ1v) is 4.84. The highest BCUT2D eigenvalue weighted by Crippen LogP contribution is 2.11. The Kier molecular flexibility index (Phi) is 3.79. The van der Waals surface area contributed by atoms with E-state index >= 15 is 0 Å². The number of H-pyrrole nitrogens is 1. The quantitative estimate of drug-likeness (QED) is 0.347. The van der Waals surface area contributed by atoms with Crippen molar-refractivity contribution in [1.82, 2.24) is 15.4 Å². The molecule has 4 N–H and O–H groups in total. The predicted octanol–water partition coefficient (Wildman–Crippen LogP) is -0.552. The van der Waals surface area contributed by atoms with Crippen molar-refractivity contribution in [3.8, 4) is 0 Å². The van der Waals surface area contributed by atoms with Crippen LogP contribution in [0.1, 0.15) is 16.9 Å². The number of hydrogen-bond donors (Lipinski definition) is 3. The zero-order valence-electron chi connectivity index (χ0n) is 7.47. The normalized spacial score (nSPS) is 10.1. The van der Waals surface area contributed by atoms with E-state index in [1.54, 1.807) is 0 Å². The van der Waals surface area contributed by atoms with E-state index in [1.807, 2.05) is 0 Å². The van der Waals surface area contributed by atoms with Gasteiger partial charge in [0.25, 0.3) is 0 Å². The summed E-state index contributed by atoms with van der Waals surface area (Å²) in [4.78, 5) is 10.7. The highest BCUT2D eigenvalue weighted by molar-refractivity contribution is 7.16. The molecule has 78 valence electrons. The number of nitrogens with one attached hydrogen (secondary N) is 1. The molecule has 0 aliphatic carbocycles. The topological polar surface area (TPSA) is 108 Å². The molecule has 0 saturated carbocycles. The van der Waals surface area contributed by atoms with E-state index in [0.29, 0.717) is 6.54 Å². The number of nitrogens with zero attached hydrogens (tertiary/aromatic N) is 3. The standard InChI is InChI=1S/C6H12N5O2P/c7-11(2-1-3-14)5-4(6(12)13)8-10-9-5/h1-3,7,14H2,(H,12,13)(H,8,9,10). The number of hydrogen-bond acceptors (Lipinski definition) is 5. The summed E-state index contributed by atoms with van der Waals surface area (Å²) in [5.74, 6) is 4.62. The van der Waals surface area contributed by atoms with Crippen LogP contribution in [0.4, 0.5) is 5.82 Å². The molecule has 1 atom stereocenters. The van der Waals surface area contributed by atoms with E-state index in [9.17, 15) is 4.79 Å². The van der Waals surface area contributed by atoms with Crippen LogP contribution in [0.5, 0.6) is 0 Å². The third-order valence-corrected chi connectivity index (χ3v) is 2.02. The fraction of sp³-hybridized carbons (Fsp3) is 0.500. The molecule has 0 aromatic carbocycles. The highest BCUT2D eigenvalue weighted by Gasteiger charge is 2.18. The minimum Gasteiger partial charge on any atom is -0.476 e. The van der Waals surface area contributed by atoms with Gasteiger partial charge in [-0.05, 0) is 12.6 Å². The molecule has 0 aliphatic heterocycles. The number of carboxylic acids is 1. The van der Waals surface area contributed by atoms with E-state index in [0.717, 1.165) is 12.6 Å². The van der Waals surface area contributed by atoms with Gasteiger partial charge in [-0.2, -0.15) is 5.21 Å². The Labute approximate surface area is 82.8 Å². The van der Waals surface area contributed by atoms with Crippen molar-refractivity contribution in [3.63, 3.8) is 0 Å². The summed E-state index contributed by atoms with van der Waals surface area (Å²) < 4.78 is 0. The van der Waals surface area contributed by atoms with Gasteiger partial charge in [0.1, 0.15) is 0 Å². The van der Waals surface area contributed by atoms with Gasteiger partial charge < -0.3 is 5.11 Å². The number of carbonyl (C=O) groups is 1. The lowest BCUT2D eigenvalue weighted by Crippen LogP contribution is -2.33. The minimum absolute atomic E-state index is 0.156. The van der Waals surface area contributed by atoms with Gasteiger partial charge in [-0.25, -0.2) is 10.6 Å². The number of rotatable bonds is 5. The average molecular weight is 217 g/mol. The van der Waals surface area contributed by atoms with Crippen molar-refractivity contribution >= 4 is 21.0 Å². The largest absolute Gasteiger partial charge is 0.476 e. The van der Waals surface area contributed by atoms with E-state index < -0.39 is 5.97 Å². The van der Waals surface area contributed by atoms with E-state index in [1.165, 1.54) is 5.01 Å². The van der Waals surface area contributed by atoms with E-state index in [2.05, 4.69) is 24.7 Å². The van der Waals surface area contributed by atoms with Gasteiger partial charge in [0.2, 0.25) is 5.69 Å².